The highest BCUT2D eigenvalue weighted by molar-refractivity contribution is 5.97. The molecule has 1 aromatic rings. The van der Waals surface area contributed by atoms with Gasteiger partial charge in [-0.1, -0.05) is 20.3 Å². The Bertz CT molecular complexity index is 433. The van der Waals surface area contributed by atoms with E-state index < -0.39 is 0 Å². The second kappa shape index (κ2) is 6.08. The average Bonchev–Trinajstić information content (AvgIpc) is 2.75. The minimum absolute atomic E-state index is 0.143. The fourth-order valence-corrected chi connectivity index (χ4v) is 2.66. The van der Waals surface area contributed by atoms with Crippen LogP contribution in [-0.4, -0.2) is 22.1 Å². The van der Waals surface area contributed by atoms with Crippen LogP contribution < -0.4 is 11.1 Å². The van der Waals surface area contributed by atoms with Gasteiger partial charge in [-0.05, 0) is 38.0 Å². The maximum Gasteiger partial charge on any atom is 0.274 e. The number of aromatic nitrogens is 2. The van der Waals surface area contributed by atoms with Gasteiger partial charge < -0.3 is 11.1 Å². The molecule has 1 fully saturated rings. The van der Waals surface area contributed by atoms with Crippen LogP contribution in [0.15, 0.2) is 0 Å². The van der Waals surface area contributed by atoms with Gasteiger partial charge in [0.2, 0.25) is 0 Å². The van der Waals surface area contributed by atoms with Crippen LogP contribution >= 0.6 is 0 Å². The van der Waals surface area contributed by atoms with Crippen LogP contribution in [0.25, 0.3) is 0 Å². The Kier molecular flexibility index (Phi) is 4.45. The molecule has 1 heterocycles. The third-order valence-corrected chi connectivity index (χ3v) is 3.95. The molecule has 0 bridgehead atoms. The highest BCUT2D eigenvalue weighted by Crippen LogP contribution is 2.24. The number of nitrogens with zero attached hydrogens (tertiary/aromatic N) is 1. The summed E-state index contributed by atoms with van der Waals surface area (Å²) in [6.07, 6.45) is 6.28. The lowest BCUT2D eigenvalue weighted by atomic mass is 9.87. The maximum absolute atomic E-state index is 12.2. The molecular formula is C14H24N4O. The number of amides is 1. The number of aromatic amines is 1. The van der Waals surface area contributed by atoms with Gasteiger partial charge in [0.25, 0.3) is 5.91 Å². The molecule has 0 spiro atoms. The number of rotatable bonds is 4. The van der Waals surface area contributed by atoms with E-state index in [-0.39, 0.29) is 11.9 Å². The van der Waals surface area contributed by atoms with Gasteiger partial charge in [-0.3, -0.25) is 9.89 Å². The van der Waals surface area contributed by atoms with Gasteiger partial charge in [-0.2, -0.15) is 5.10 Å². The Balaban J connectivity index is 1.96. The molecule has 4 N–H and O–H groups in total. The van der Waals surface area contributed by atoms with E-state index in [1.165, 1.54) is 12.8 Å². The van der Waals surface area contributed by atoms with E-state index in [1.807, 2.05) is 0 Å². The molecule has 1 aliphatic carbocycles. The van der Waals surface area contributed by atoms with Crippen LogP contribution in [0.1, 0.15) is 62.1 Å². The molecule has 1 saturated carbocycles. The molecule has 0 unspecified atom stereocenters. The molecular weight excluding hydrogens is 240 g/mol. The zero-order valence-electron chi connectivity index (χ0n) is 11.8. The molecule has 0 aromatic carbocycles. The van der Waals surface area contributed by atoms with E-state index in [2.05, 4.69) is 29.4 Å². The Hall–Kier alpha value is -1.52. The van der Waals surface area contributed by atoms with E-state index in [1.54, 1.807) is 0 Å². The van der Waals surface area contributed by atoms with Crippen molar-refractivity contribution in [1.29, 1.82) is 0 Å². The van der Waals surface area contributed by atoms with E-state index in [0.717, 1.165) is 37.3 Å². The molecule has 5 heteroatoms. The monoisotopic (exact) mass is 264 g/mol. The number of hydrogen-bond donors (Lipinski definition) is 3. The smallest absolute Gasteiger partial charge is 0.274 e. The lowest BCUT2D eigenvalue weighted by Gasteiger charge is -2.26. The summed E-state index contributed by atoms with van der Waals surface area (Å²) in [4.78, 5) is 12.2. The van der Waals surface area contributed by atoms with Crippen molar-refractivity contribution in [2.75, 3.05) is 5.73 Å². The topological polar surface area (TPSA) is 83.8 Å². The largest absolute Gasteiger partial charge is 0.395 e. The lowest BCUT2D eigenvalue weighted by molar-refractivity contribution is 0.0919. The third-order valence-electron chi connectivity index (χ3n) is 3.95. The third kappa shape index (κ3) is 3.28. The average molecular weight is 264 g/mol. The molecule has 1 amide bonds. The molecule has 0 aliphatic heterocycles. The summed E-state index contributed by atoms with van der Waals surface area (Å²) in [6, 6.07) is 0.273. The van der Waals surface area contributed by atoms with Crippen molar-refractivity contribution >= 4 is 11.6 Å². The minimum atomic E-state index is -0.143. The van der Waals surface area contributed by atoms with Crippen molar-refractivity contribution in [3.63, 3.8) is 0 Å². The first-order chi connectivity index (χ1) is 9.11. The number of hydrogen-bond acceptors (Lipinski definition) is 3. The summed E-state index contributed by atoms with van der Waals surface area (Å²) in [5, 5.41) is 9.97. The SMILES string of the molecule is CCCc1[nH]nc(C(=O)NC2CCC(C)CC2)c1N. The number of aryl methyl sites for hydroxylation is 1. The van der Waals surface area contributed by atoms with Crippen molar-refractivity contribution in [2.45, 2.75) is 58.4 Å². The number of anilines is 1. The van der Waals surface area contributed by atoms with Gasteiger partial charge in [-0.15, -0.1) is 0 Å². The maximum atomic E-state index is 12.2. The van der Waals surface area contributed by atoms with Crippen molar-refractivity contribution in [3.8, 4) is 0 Å². The van der Waals surface area contributed by atoms with Gasteiger partial charge in [-0.25, -0.2) is 0 Å². The second-order valence-electron chi connectivity index (χ2n) is 5.64. The molecule has 1 aliphatic rings. The van der Waals surface area contributed by atoms with E-state index in [9.17, 15) is 4.79 Å². The van der Waals surface area contributed by atoms with E-state index in [0.29, 0.717) is 11.4 Å². The van der Waals surface area contributed by atoms with Crippen LogP contribution in [0.5, 0.6) is 0 Å². The van der Waals surface area contributed by atoms with Crippen LogP contribution in [0.3, 0.4) is 0 Å². The van der Waals surface area contributed by atoms with Gasteiger partial charge in [0.1, 0.15) is 0 Å². The Morgan fingerprint density at radius 2 is 2.11 bits per heavy atom. The molecule has 2 rings (SSSR count). The van der Waals surface area contributed by atoms with Crippen LogP contribution in [-0.2, 0) is 6.42 Å². The summed E-state index contributed by atoms with van der Waals surface area (Å²) >= 11 is 0. The van der Waals surface area contributed by atoms with Gasteiger partial charge >= 0.3 is 0 Å². The van der Waals surface area contributed by atoms with Crippen LogP contribution in [0, 0.1) is 5.92 Å². The predicted molar refractivity (Wildman–Crippen MR) is 75.9 cm³/mol. The summed E-state index contributed by atoms with van der Waals surface area (Å²) in [5.74, 6) is 0.635. The van der Waals surface area contributed by atoms with Gasteiger partial charge in [0.15, 0.2) is 5.69 Å². The van der Waals surface area contributed by atoms with Crippen molar-refractivity contribution in [2.24, 2.45) is 5.92 Å². The first-order valence-corrected chi connectivity index (χ1v) is 7.25. The number of nitrogens with two attached hydrogens (primary N) is 1. The second-order valence-corrected chi connectivity index (χ2v) is 5.64. The lowest BCUT2D eigenvalue weighted by Crippen LogP contribution is -2.37. The molecule has 5 nitrogen and oxygen atoms in total. The number of H-pyrrole nitrogens is 1. The Labute approximate surface area is 114 Å². The molecule has 19 heavy (non-hydrogen) atoms. The molecule has 1 aromatic heterocycles. The van der Waals surface area contributed by atoms with E-state index >= 15 is 0 Å². The fourth-order valence-electron chi connectivity index (χ4n) is 2.66. The Morgan fingerprint density at radius 3 is 2.74 bits per heavy atom. The van der Waals surface area contributed by atoms with Gasteiger partial charge in [0.05, 0.1) is 11.4 Å². The van der Waals surface area contributed by atoms with Crippen LogP contribution in [0.4, 0.5) is 5.69 Å². The van der Waals surface area contributed by atoms with Crippen molar-refractivity contribution in [3.05, 3.63) is 11.4 Å². The minimum Gasteiger partial charge on any atom is -0.395 e. The zero-order valence-corrected chi connectivity index (χ0v) is 11.8. The summed E-state index contributed by atoms with van der Waals surface area (Å²) in [5.41, 5.74) is 7.68. The first kappa shape index (κ1) is 13.9. The number of carbonyl (C=O) groups is 1. The van der Waals surface area contributed by atoms with Crippen molar-refractivity contribution in [1.82, 2.24) is 15.5 Å². The Morgan fingerprint density at radius 1 is 1.42 bits per heavy atom. The van der Waals surface area contributed by atoms with Crippen molar-refractivity contribution < 1.29 is 4.79 Å². The molecule has 0 radical (unpaired) electrons. The molecule has 0 saturated heterocycles. The summed E-state index contributed by atoms with van der Waals surface area (Å²) in [7, 11) is 0. The van der Waals surface area contributed by atoms with Crippen LogP contribution in [0.2, 0.25) is 0 Å². The summed E-state index contributed by atoms with van der Waals surface area (Å²) < 4.78 is 0. The number of nitrogen functional groups attached to an aromatic ring is 1. The fraction of sp³-hybridized carbons (Fsp3) is 0.714. The number of nitrogens with one attached hydrogen (secondary N) is 2. The first-order valence-electron chi connectivity index (χ1n) is 7.25. The highest BCUT2D eigenvalue weighted by Gasteiger charge is 2.23. The standard InChI is InChI=1S/C14H24N4O/c1-3-4-11-12(15)13(18-17-11)14(19)16-10-7-5-9(2)6-8-10/h9-10H,3-8,15H2,1-2H3,(H,16,19)(H,17,18). The van der Waals surface area contributed by atoms with Gasteiger partial charge in [0, 0.05) is 6.04 Å². The predicted octanol–water partition coefficient (Wildman–Crippen LogP) is 2.25. The number of carbonyl (C=O) groups excluding carboxylic acids is 1. The normalized spacial score (nSPS) is 23.3. The molecule has 0 atom stereocenters. The molecule has 106 valence electrons. The quantitative estimate of drug-likeness (QED) is 0.780. The van der Waals surface area contributed by atoms with E-state index in [4.69, 9.17) is 5.73 Å². The summed E-state index contributed by atoms with van der Waals surface area (Å²) in [6.45, 7) is 4.34. The zero-order chi connectivity index (χ0) is 13.8. The highest BCUT2D eigenvalue weighted by atomic mass is 16.2.